The summed E-state index contributed by atoms with van der Waals surface area (Å²) in [6.45, 7) is 0. The normalized spacial score (nSPS) is 0. The van der Waals surface area contributed by atoms with E-state index in [2.05, 4.69) is 0 Å². The van der Waals surface area contributed by atoms with Gasteiger partial charge in [-0.05, 0) is 0 Å². The predicted molar refractivity (Wildman–Crippen MR) is 3.87 cm³/mol. The molecule has 0 bridgehead atoms. The molecule has 0 amide bonds. The Kier molecular flexibility index (Phi) is 902. The van der Waals surface area contributed by atoms with Gasteiger partial charge in [0, 0.05) is 0 Å². The average molecular weight is 165 g/mol. The zero-order valence-corrected chi connectivity index (χ0v) is 11.2. The van der Waals surface area contributed by atoms with Crippen molar-refractivity contribution >= 4 is 0 Å². The van der Waals surface area contributed by atoms with Gasteiger partial charge in [-0.25, -0.2) is 0 Å². The molecule has 2 nitrogen and oxygen atoms in total. The minimum atomic E-state index is 0. The second kappa shape index (κ2) is 73.6. The van der Waals surface area contributed by atoms with Crippen LogP contribution in [0.2, 0.25) is 0 Å². The SMILES string of the molecule is [Cl-].[Cl-].[Li+].[Li+].[Na+].[Na+].[OH-].[OH-]. The Bertz CT molecular complexity index is 16.0. The van der Waals surface area contributed by atoms with E-state index in [0.29, 0.717) is 0 Å². The third kappa shape index (κ3) is 53.7. The summed E-state index contributed by atoms with van der Waals surface area (Å²) in [6, 6.07) is 0. The molecular weight excluding hydrogens is 163 g/mol. The van der Waals surface area contributed by atoms with Gasteiger partial charge in [-0.2, -0.15) is 0 Å². The molecule has 0 radical (unpaired) electrons. The fraction of sp³-hybridized carbons (Fsp3) is 0. The van der Waals surface area contributed by atoms with Crippen molar-refractivity contribution in [3.63, 3.8) is 0 Å². The van der Waals surface area contributed by atoms with Gasteiger partial charge in [0.25, 0.3) is 0 Å². The average Bonchev–Trinajstić information content (AvgIpc) is 0. The zero-order chi connectivity index (χ0) is 0. The Morgan fingerprint density at radius 1 is 0.500 bits per heavy atom. The molecule has 0 fully saturated rings. The molecule has 0 spiro atoms. The first-order valence-electron chi connectivity index (χ1n) is 0. The van der Waals surface area contributed by atoms with Crippen LogP contribution < -0.4 is 122 Å². The molecule has 0 aliphatic heterocycles. The van der Waals surface area contributed by atoms with Crippen LogP contribution in [0.25, 0.3) is 0 Å². The molecule has 32 valence electrons. The third-order valence-corrected chi connectivity index (χ3v) is 0. The first-order chi connectivity index (χ1) is 0. The molecule has 8 heavy (non-hydrogen) atoms. The first kappa shape index (κ1) is 98.0. The Morgan fingerprint density at radius 3 is 0.500 bits per heavy atom. The van der Waals surface area contributed by atoms with Crippen LogP contribution in [-0.2, 0) is 0 Å². The maximum absolute atomic E-state index is 0. The number of rotatable bonds is 0. The van der Waals surface area contributed by atoms with E-state index in [1.807, 2.05) is 0 Å². The van der Waals surface area contributed by atoms with Gasteiger partial charge in [0.2, 0.25) is 0 Å². The van der Waals surface area contributed by atoms with Crippen LogP contribution in [0.3, 0.4) is 0 Å². The van der Waals surface area contributed by atoms with E-state index in [0.717, 1.165) is 0 Å². The molecule has 0 unspecified atom stereocenters. The van der Waals surface area contributed by atoms with Crippen molar-refractivity contribution in [3.8, 4) is 0 Å². The number of hydrogen-bond acceptors (Lipinski definition) is 2. The molecule has 2 N–H and O–H groups in total. The quantitative estimate of drug-likeness (QED) is 0.334. The van der Waals surface area contributed by atoms with Crippen LogP contribution in [0.15, 0.2) is 0 Å². The van der Waals surface area contributed by atoms with Crippen LogP contribution in [0.1, 0.15) is 0 Å². The van der Waals surface area contributed by atoms with Gasteiger partial charge in [-0.1, -0.05) is 0 Å². The maximum Gasteiger partial charge on any atom is 1.00 e. The van der Waals surface area contributed by atoms with Gasteiger partial charge in [0.05, 0.1) is 0 Å². The summed E-state index contributed by atoms with van der Waals surface area (Å²) in [7, 11) is 0. The van der Waals surface area contributed by atoms with Crippen molar-refractivity contribution in [2.45, 2.75) is 0 Å². The minimum Gasteiger partial charge on any atom is -1.00 e. The van der Waals surface area contributed by atoms with Crippen molar-refractivity contribution in [2.75, 3.05) is 0 Å². The van der Waals surface area contributed by atoms with E-state index in [9.17, 15) is 0 Å². The first-order valence-corrected chi connectivity index (χ1v) is 0. The van der Waals surface area contributed by atoms with Crippen molar-refractivity contribution in [2.24, 2.45) is 0 Å². The molecule has 0 saturated carbocycles. The van der Waals surface area contributed by atoms with Gasteiger partial charge in [-0.15, -0.1) is 0 Å². The van der Waals surface area contributed by atoms with Crippen LogP contribution in [-0.4, -0.2) is 11.0 Å². The second-order valence-corrected chi connectivity index (χ2v) is 0. The summed E-state index contributed by atoms with van der Waals surface area (Å²) in [5.41, 5.74) is 0. The van der Waals surface area contributed by atoms with Gasteiger partial charge in [0.1, 0.15) is 0 Å². The van der Waals surface area contributed by atoms with Gasteiger partial charge >= 0.3 is 96.8 Å². The van der Waals surface area contributed by atoms with E-state index in [1.165, 1.54) is 0 Å². The molecule has 0 heterocycles. The molecular formula is H2Cl2Li2Na2O2. The molecule has 0 saturated heterocycles. The topological polar surface area (TPSA) is 60.0 Å². The van der Waals surface area contributed by atoms with Gasteiger partial charge in [0.15, 0.2) is 0 Å². The molecule has 0 atom stereocenters. The van der Waals surface area contributed by atoms with E-state index in [4.69, 9.17) is 0 Å². The number of halogens is 2. The van der Waals surface area contributed by atoms with Gasteiger partial charge < -0.3 is 35.8 Å². The van der Waals surface area contributed by atoms with Crippen molar-refractivity contribution < 1.29 is 133 Å². The monoisotopic (exact) mass is 164 g/mol. The second-order valence-electron chi connectivity index (χ2n) is 0. The van der Waals surface area contributed by atoms with Gasteiger partial charge in [-0.3, -0.25) is 0 Å². The molecule has 0 aliphatic carbocycles. The Labute approximate surface area is 130 Å². The standard InChI is InChI=1S/2ClH.2Li.2Na.2H2O/h2*1H;;;;;2*1H2/q;;4*+1;;/p-4. The largest absolute Gasteiger partial charge is 1.00 e. The smallest absolute Gasteiger partial charge is 1.00 e. The molecule has 0 aromatic rings. The molecule has 8 heteroatoms. The fourth-order valence-electron chi connectivity index (χ4n) is 0. The molecule has 0 rings (SSSR count). The van der Waals surface area contributed by atoms with Crippen LogP contribution >= 0.6 is 0 Å². The predicted octanol–water partition coefficient (Wildman–Crippen LogP) is -18.3. The van der Waals surface area contributed by atoms with Crippen LogP contribution in [0.5, 0.6) is 0 Å². The Morgan fingerprint density at radius 2 is 0.500 bits per heavy atom. The minimum absolute atomic E-state index is 0. The summed E-state index contributed by atoms with van der Waals surface area (Å²) in [5.74, 6) is 0. The fourth-order valence-corrected chi connectivity index (χ4v) is 0. The summed E-state index contributed by atoms with van der Waals surface area (Å²) in [4.78, 5) is 0. The van der Waals surface area contributed by atoms with Crippen LogP contribution in [0, 0.1) is 0 Å². The zero-order valence-electron chi connectivity index (χ0n) is 5.65. The summed E-state index contributed by atoms with van der Waals surface area (Å²) in [6.07, 6.45) is 0. The van der Waals surface area contributed by atoms with Crippen molar-refractivity contribution in [1.29, 1.82) is 0 Å². The summed E-state index contributed by atoms with van der Waals surface area (Å²) >= 11 is 0. The van der Waals surface area contributed by atoms with E-state index in [1.54, 1.807) is 0 Å². The Balaban J connectivity index is 0. The van der Waals surface area contributed by atoms with E-state index < -0.39 is 0 Å². The third-order valence-electron chi connectivity index (χ3n) is 0. The maximum atomic E-state index is 0. The molecule has 0 aliphatic rings. The van der Waals surface area contributed by atoms with E-state index >= 15 is 0 Å². The van der Waals surface area contributed by atoms with Crippen molar-refractivity contribution in [1.82, 2.24) is 0 Å². The molecule has 0 aromatic heterocycles. The van der Waals surface area contributed by atoms with E-state index in [-0.39, 0.29) is 133 Å². The summed E-state index contributed by atoms with van der Waals surface area (Å²) < 4.78 is 0. The van der Waals surface area contributed by atoms with Crippen molar-refractivity contribution in [3.05, 3.63) is 0 Å². The van der Waals surface area contributed by atoms with Crippen LogP contribution in [0.4, 0.5) is 0 Å². The summed E-state index contributed by atoms with van der Waals surface area (Å²) in [5, 5.41) is 0. The Hall–Kier alpha value is 3.69. The number of hydrogen-bond donors (Lipinski definition) is 0. The molecule has 0 aromatic carbocycles.